The number of benzene rings is 1. The molecule has 0 bridgehead atoms. The van der Waals surface area contributed by atoms with Crippen LogP contribution in [-0.2, 0) is 14.3 Å². The first-order valence-corrected chi connectivity index (χ1v) is 8.77. The van der Waals surface area contributed by atoms with Crippen molar-refractivity contribution in [1.29, 1.82) is 0 Å². The van der Waals surface area contributed by atoms with Crippen LogP contribution < -0.4 is 4.74 Å². The van der Waals surface area contributed by atoms with Crippen molar-refractivity contribution >= 4 is 5.97 Å². The van der Waals surface area contributed by atoms with Gasteiger partial charge in [0.05, 0.1) is 12.7 Å². The molecular weight excluding hydrogens is 304 g/mol. The highest BCUT2D eigenvalue weighted by atomic mass is 16.5. The first-order chi connectivity index (χ1) is 11.6. The van der Waals surface area contributed by atoms with Crippen LogP contribution in [0.4, 0.5) is 0 Å². The van der Waals surface area contributed by atoms with E-state index in [0.29, 0.717) is 24.9 Å². The van der Waals surface area contributed by atoms with Gasteiger partial charge in [0.1, 0.15) is 18.5 Å². The Morgan fingerprint density at radius 3 is 2.46 bits per heavy atom. The van der Waals surface area contributed by atoms with Crippen LogP contribution >= 0.6 is 0 Å². The summed E-state index contributed by atoms with van der Waals surface area (Å²) in [5, 5.41) is 0. The van der Waals surface area contributed by atoms with Crippen LogP contribution in [0, 0.1) is 0 Å². The van der Waals surface area contributed by atoms with Crippen molar-refractivity contribution in [2.45, 2.75) is 58.2 Å². The van der Waals surface area contributed by atoms with E-state index >= 15 is 0 Å². The molecule has 24 heavy (non-hydrogen) atoms. The van der Waals surface area contributed by atoms with E-state index in [2.05, 4.69) is 6.58 Å². The maximum atomic E-state index is 11.5. The Labute approximate surface area is 144 Å². The summed E-state index contributed by atoms with van der Waals surface area (Å²) in [6.45, 7) is 8.24. The second-order valence-corrected chi connectivity index (χ2v) is 6.38. The average Bonchev–Trinajstić information content (AvgIpc) is 2.60. The zero-order valence-corrected chi connectivity index (χ0v) is 14.8. The Morgan fingerprint density at radius 2 is 1.83 bits per heavy atom. The Hall–Kier alpha value is -1.81. The zero-order chi connectivity index (χ0) is 17.4. The largest absolute Gasteiger partial charge is 0.491 e. The highest BCUT2D eigenvalue weighted by Crippen LogP contribution is 2.22. The van der Waals surface area contributed by atoms with Gasteiger partial charge in [0.2, 0.25) is 0 Å². The lowest BCUT2D eigenvalue weighted by molar-refractivity contribution is -0.143. The Morgan fingerprint density at radius 1 is 1.17 bits per heavy atom. The van der Waals surface area contributed by atoms with Gasteiger partial charge in [-0.3, -0.25) is 0 Å². The molecule has 1 unspecified atom stereocenters. The molecule has 132 valence electrons. The van der Waals surface area contributed by atoms with Crippen LogP contribution in [0.3, 0.4) is 0 Å². The Bertz CT molecular complexity index is 529. The Kier molecular flexibility index (Phi) is 7.32. The van der Waals surface area contributed by atoms with Crippen molar-refractivity contribution in [2.24, 2.45) is 0 Å². The summed E-state index contributed by atoms with van der Waals surface area (Å²) in [4.78, 5) is 11.5. The van der Waals surface area contributed by atoms with Crippen molar-refractivity contribution in [3.05, 3.63) is 42.0 Å². The highest BCUT2D eigenvalue weighted by molar-refractivity contribution is 5.87. The van der Waals surface area contributed by atoms with Gasteiger partial charge >= 0.3 is 5.97 Å². The number of esters is 1. The molecule has 2 rings (SSSR count). The molecular formula is C20H28O4. The van der Waals surface area contributed by atoms with E-state index in [9.17, 15) is 4.79 Å². The van der Waals surface area contributed by atoms with Crippen LogP contribution in [0.1, 0.15) is 57.6 Å². The predicted octanol–water partition coefficient (Wildman–Crippen LogP) is 4.60. The minimum absolute atomic E-state index is 0.308. The summed E-state index contributed by atoms with van der Waals surface area (Å²) in [5.41, 5.74) is 1.33. The van der Waals surface area contributed by atoms with Gasteiger partial charge < -0.3 is 14.2 Å². The number of rotatable bonds is 8. The summed E-state index contributed by atoms with van der Waals surface area (Å²) >= 11 is 0. The minimum Gasteiger partial charge on any atom is -0.491 e. The van der Waals surface area contributed by atoms with Crippen LogP contribution in [-0.4, -0.2) is 25.3 Å². The summed E-state index contributed by atoms with van der Waals surface area (Å²) < 4.78 is 16.9. The molecule has 0 saturated heterocycles. The van der Waals surface area contributed by atoms with E-state index in [-0.39, 0.29) is 12.1 Å². The molecule has 1 aromatic rings. The summed E-state index contributed by atoms with van der Waals surface area (Å²) in [7, 11) is 0. The predicted molar refractivity (Wildman–Crippen MR) is 94.1 cm³/mol. The number of hydrogen-bond acceptors (Lipinski definition) is 4. The number of carbonyl (C=O) groups excluding carboxylic acids is 1. The maximum absolute atomic E-state index is 11.5. The first kappa shape index (κ1) is 18.5. The smallest absolute Gasteiger partial charge is 0.333 e. The van der Waals surface area contributed by atoms with Crippen molar-refractivity contribution < 1.29 is 19.0 Å². The molecule has 1 aliphatic carbocycles. The normalized spacial score (nSPS) is 16.4. The van der Waals surface area contributed by atoms with Gasteiger partial charge in [-0.05, 0) is 44.4 Å². The van der Waals surface area contributed by atoms with Gasteiger partial charge in [-0.1, -0.05) is 38.0 Å². The number of ether oxygens (including phenoxy) is 3. The fraction of sp³-hybridized carbons (Fsp3) is 0.550. The van der Waals surface area contributed by atoms with E-state index in [4.69, 9.17) is 14.2 Å². The summed E-state index contributed by atoms with van der Waals surface area (Å²) in [6.07, 6.45) is 6.35. The molecule has 1 fully saturated rings. The molecule has 4 heteroatoms. The molecule has 1 saturated carbocycles. The van der Waals surface area contributed by atoms with Crippen molar-refractivity contribution in [1.82, 2.24) is 0 Å². The van der Waals surface area contributed by atoms with Crippen LogP contribution in [0.15, 0.2) is 36.4 Å². The molecule has 0 aliphatic heterocycles. The van der Waals surface area contributed by atoms with E-state index < -0.39 is 0 Å². The lowest BCUT2D eigenvalue weighted by atomic mass is 9.98. The fourth-order valence-electron chi connectivity index (χ4n) is 2.77. The third-order valence-corrected chi connectivity index (χ3v) is 4.24. The van der Waals surface area contributed by atoms with Gasteiger partial charge in [0.25, 0.3) is 0 Å². The highest BCUT2D eigenvalue weighted by Gasteiger charge is 2.14. The van der Waals surface area contributed by atoms with Crippen molar-refractivity contribution in [3.8, 4) is 5.75 Å². The molecule has 0 amide bonds. The van der Waals surface area contributed by atoms with Gasteiger partial charge in [0.15, 0.2) is 0 Å². The van der Waals surface area contributed by atoms with E-state index in [1.165, 1.54) is 32.1 Å². The quantitative estimate of drug-likeness (QED) is 0.397. The van der Waals surface area contributed by atoms with Crippen molar-refractivity contribution in [3.63, 3.8) is 0 Å². The lowest BCUT2D eigenvalue weighted by Crippen LogP contribution is -2.19. The number of carbonyl (C=O) groups is 1. The van der Waals surface area contributed by atoms with Crippen molar-refractivity contribution in [2.75, 3.05) is 13.2 Å². The molecule has 0 spiro atoms. The molecule has 0 N–H and O–H groups in total. The van der Waals surface area contributed by atoms with Gasteiger partial charge in [-0.2, -0.15) is 0 Å². The molecule has 1 aliphatic rings. The standard InChI is InChI=1S/C20H28O4/c1-15(2)20(21)24-16(3)17-9-11-19(12-10-17)23-14-13-22-18-7-5-4-6-8-18/h9-12,16,18H,1,4-8,13-14H2,2-3H3. The van der Waals surface area contributed by atoms with Gasteiger partial charge in [-0.15, -0.1) is 0 Å². The van der Waals surface area contributed by atoms with Crippen LogP contribution in [0.2, 0.25) is 0 Å². The first-order valence-electron chi connectivity index (χ1n) is 8.77. The minimum atomic E-state index is -0.373. The second kappa shape index (κ2) is 9.48. The van der Waals surface area contributed by atoms with E-state index in [1.807, 2.05) is 31.2 Å². The Balaban J connectivity index is 1.71. The third kappa shape index (κ3) is 6.00. The summed E-state index contributed by atoms with van der Waals surface area (Å²) in [5.74, 6) is 0.423. The second-order valence-electron chi connectivity index (χ2n) is 6.38. The molecule has 0 heterocycles. The molecule has 0 radical (unpaired) electrons. The number of hydrogen-bond donors (Lipinski definition) is 0. The van der Waals surface area contributed by atoms with Crippen LogP contribution in [0.5, 0.6) is 5.75 Å². The average molecular weight is 332 g/mol. The lowest BCUT2D eigenvalue weighted by Gasteiger charge is -2.22. The monoisotopic (exact) mass is 332 g/mol. The van der Waals surface area contributed by atoms with E-state index in [0.717, 1.165) is 11.3 Å². The topological polar surface area (TPSA) is 44.8 Å². The van der Waals surface area contributed by atoms with Gasteiger partial charge in [-0.25, -0.2) is 4.79 Å². The molecule has 1 aromatic carbocycles. The molecule has 1 atom stereocenters. The molecule has 0 aromatic heterocycles. The maximum Gasteiger partial charge on any atom is 0.333 e. The fourth-order valence-corrected chi connectivity index (χ4v) is 2.77. The molecule has 4 nitrogen and oxygen atoms in total. The van der Waals surface area contributed by atoms with Crippen LogP contribution in [0.25, 0.3) is 0 Å². The summed E-state index contributed by atoms with van der Waals surface area (Å²) in [6, 6.07) is 7.60. The van der Waals surface area contributed by atoms with Gasteiger partial charge in [0, 0.05) is 5.57 Å². The SMILES string of the molecule is C=C(C)C(=O)OC(C)c1ccc(OCCOC2CCCCC2)cc1. The van der Waals surface area contributed by atoms with E-state index in [1.54, 1.807) is 6.92 Å². The zero-order valence-electron chi connectivity index (χ0n) is 14.8. The third-order valence-electron chi connectivity index (χ3n) is 4.24.